The van der Waals surface area contributed by atoms with E-state index < -0.39 is 0 Å². The SMILES string of the molecule is CC(C)c1ccc(/C=N/NC(=O)c2[nH]ncc2I)cc1. The molecule has 0 radical (unpaired) electrons. The van der Waals surface area contributed by atoms with Crippen LogP contribution in [0.25, 0.3) is 0 Å². The van der Waals surface area contributed by atoms with Crippen LogP contribution in [0.1, 0.15) is 41.4 Å². The molecule has 0 fully saturated rings. The minimum atomic E-state index is -0.304. The molecule has 0 saturated carbocycles. The van der Waals surface area contributed by atoms with Crippen molar-refractivity contribution in [3.63, 3.8) is 0 Å². The average Bonchev–Trinajstić information content (AvgIpc) is 2.85. The fourth-order valence-electron chi connectivity index (χ4n) is 1.62. The van der Waals surface area contributed by atoms with Gasteiger partial charge in [-0.15, -0.1) is 0 Å². The zero-order valence-electron chi connectivity index (χ0n) is 11.2. The lowest BCUT2D eigenvalue weighted by atomic mass is 10.0. The minimum absolute atomic E-state index is 0.304. The summed E-state index contributed by atoms with van der Waals surface area (Å²) in [7, 11) is 0. The smallest absolute Gasteiger partial charge is 0.272 e. The van der Waals surface area contributed by atoms with Crippen molar-refractivity contribution in [3.8, 4) is 0 Å². The Balaban J connectivity index is 1.96. The molecule has 2 N–H and O–H groups in total. The standard InChI is InChI=1S/C14H15IN4O/c1-9(2)11-5-3-10(4-6-11)7-16-19-14(20)13-12(15)8-17-18-13/h3-9H,1-2H3,(H,17,18)(H,19,20)/b16-7+. The lowest BCUT2D eigenvalue weighted by molar-refractivity contribution is 0.0949. The quantitative estimate of drug-likeness (QED) is 0.485. The number of hydrazone groups is 1. The summed E-state index contributed by atoms with van der Waals surface area (Å²) in [6.07, 6.45) is 3.20. The number of nitrogens with zero attached hydrogens (tertiary/aromatic N) is 2. The number of carbonyl (C=O) groups is 1. The summed E-state index contributed by atoms with van der Waals surface area (Å²) in [6.45, 7) is 4.30. The van der Waals surface area contributed by atoms with Crippen LogP contribution < -0.4 is 5.43 Å². The molecule has 104 valence electrons. The number of aromatic nitrogens is 2. The summed E-state index contributed by atoms with van der Waals surface area (Å²) in [5.74, 6) is 0.199. The monoisotopic (exact) mass is 382 g/mol. The van der Waals surface area contributed by atoms with E-state index in [-0.39, 0.29) is 5.91 Å². The van der Waals surface area contributed by atoms with E-state index in [0.717, 1.165) is 9.13 Å². The normalized spacial score (nSPS) is 11.2. The first-order valence-corrected chi connectivity index (χ1v) is 7.28. The van der Waals surface area contributed by atoms with Gasteiger partial charge in [0.15, 0.2) is 0 Å². The van der Waals surface area contributed by atoms with Gasteiger partial charge in [-0.2, -0.15) is 10.2 Å². The second-order valence-electron chi connectivity index (χ2n) is 4.61. The summed E-state index contributed by atoms with van der Waals surface area (Å²) >= 11 is 2.04. The van der Waals surface area contributed by atoms with Gasteiger partial charge < -0.3 is 0 Å². The van der Waals surface area contributed by atoms with Crippen LogP contribution >= 0.6 is 22.6 Å². The summed E-state index contributed by atoms with van der Waals surface area (Å²) < 4.78 is 0.761. The van der Waals surface area contributed by atoms with Crippen molar-refractivity contribution in [3.05, 3.63) is 50.9 Å². The van der Waals surface area contributed by atoms with Gasteiger partial charge in [-0.25, -0.2) is 5.43 Å². The van der Waals surface area contributed by atoms with Crippen LogP contribution in [0.3, 0.4) is 0 Å². The van der Waals surface area contributed by atoms with Gasteiger partial charge in [0.25, 0.3) is 5.91 Å². The third-order valence-corrected chi connectivity index (χ3v) is 3.62. The van der Waals surface area contributed by atoms with Crippen LogP contribution in [0, 0.1) is 3.57 Å². The van der Waals surface area contributed by atoms with E-state index in [2.05, 4.69) is 46.7 Å². The summed E-state index contributed by atoms with van der Waals surface area (Å²) in [5.41, 5.74) is 5.10. The molecular formula is C14H15IN4O. The van der Waals surface area contributed by atoms with Crippen molar-refractivity contribution < 1.29 is 4.79 Å². The van der Waals surface area contributed by atoms with Crippen molar-refractivity contribution in [2.24, 2.45) is 5.10 Å². The number of hydrogen-bond acceptors (Lipinski definition) is 3. The van der Waals surface area contributed by atoms with E-state index in [4.69, 9.17) is 0 Å². The van der Waals surface area contributed by atoms with Gasteiger partial charge in [0.1, 0.15) is 5.69 Å². The molecule has 0 unspecified atom stereocenters. The van der Waals surface area contributed by atoms with E-state index in [0.29, 0.717) is 11.6 Å². The third-order valence-electron chi connectivity index (χ3n) is 2.80. The number of rotatable bonds is 4. The fraction of sp³-hybridized carbons (Fsp3) is 0.214. The molecule has 2 rings (SSSR count). The second kappa shape index (κ2) is 6.65. The van der Waals surface area contributed by atoms with Crippen molar-refractivity contribution in [2.45, 2.75) is 19.8 Å². The number of nitrogens with one attached hydrogen (secondary N) is 2. The molecule has 0 spiro atoms. The second-order valence-corrected chi connectivity index (χ2v) is 5.78. The van der Waals surface area contributed by atoms with E-state index in [9.17, 15) is 4.79 Å². The zero-order chi connectivity index (χ0) is 14.5. The van der Waals surface area contributed by atoms with Crippen molar-refractivity contribution in [1.29, 1.82) is 0 Å². The molecule has 0 aliphatic heterocycles. The fourth-order valence-corrected chi connectivity index (χ4v) is 2.12. The lowest BCUT2D eigenvalue weighted by Crippen LogP contribution is -2.19. The molecule has 0 atom stereocenters. The Morgan fingerprint density at radius 3 is 2.65 bits per heavy atom. The molecule has 0 aliphatic rings. The number of carbonyl (C=O) groups excluding carboxylic acids is 1. The Morgan fingerprint density at radius 2 is 2.10 bits per heavy atom. The average molecular weight is 382 g/mol. The minimum Gasteiger partial charge on any atom is -0.272 e. The number of amides is 1. The molecule has 1 aromatic carbocycles. The molecule has 0 bridgehead atoms. The number of H-pyrrole nitrogens is 1. The molecule has 2 aromatic rings. The predicted octanol–water partition coefficient (Wildman–Crippen LogP) is 2.90. The number of aromatic amines is 1. The maximum absolute atomic E-state index is 11.8. The van der Waals surface area contributed by atoms with Crippen LogP contribution in [-0.2, 0) is 0 Å². The van der Waals surface area contributed by atoms with E-state index in [1.807, 2.05) is 34.7 Å². The molecule has 0 saturated heterocycles. The Labute approximate surface area is 131 Å². The molecular weight excluding hydrogens is 367 g/mol. The Morgan fingerprint density at radius 1 is 1.40 bits per heavy atom. The predicted molar refractivity (Wildman–Crippen MR) is 86.9 cm³/mol. The highest BCUT2D eigenvalue weighted by atomic mass is 127. The molecule has 5 nitrogen and oxygen atoms in total. The first kappa shape index (κ1) is 14.7. The highest BCUT2D eigenvalue weighted by molar-refractivity contribution is 14.1. The van der Waals surface area contributed by atoms with Gasteiger partial charge in [0.05, 0.1) is 16.0 Å². The van der Waals surface area contributed by atoms with Crippen LogP contribution in [0.15, 0.2) is 35.6 Å². The van der Waals surface area contributed by atoms with Gasteiger partial charge in [0, 0.05) is 0 Å². The Kier molecular flexibility index (Phi) is 4.89. The molecule has 1 aromatic heterocycles. The van der Waals surface area contributed by atoms with Gasteiger partial charge >= 0.3 is 0 Å². The Hall–Kier alpha value is -1.70. The first-order chi connectivity index (χ1) is 9.58. The third kappa shape index (κ3) is 3.66. The van der Waals surface area contributed by atoms with Crippen molar-refractivity contribution in [2.75, 3.05) is 0 Å². The van der Waals surface area contributed by atoms with E-state index >= 15 is 0 Å². The number of hydrogen-bond donors (Lipinski definition) is 2. The molecule has 0 aliphatic carbocycles. The van der Waals surface area contributed by atoms with Gasteiger partial charge in [0.2, 0.25) is 0 Å². The van der Waals surface area contributed by atoms with Crippen LogP contribution in [-0.4, -0.2) is 22.3 Å². The number of halogens is 1. The van der Waals surface area contributed by atoms with E-state index in [1.54, 1.807) is 12.4 Å². The maximum atomic E-state index is 11.8. The van der Waals surface area contributed by atoms with E-state index in [1.165, 1.54) is 5.56 Å². The molecule has 20 heavy (non-hydrogen) atoms. The highest BCUT2D eigenvalue weighted by Crippen LogP contribution is 2.13. The molecule has 6 heteroatoms. The summed E-state index contributed by atoms with van der Waals surface area (Å²) in [5, 5.41) is 10.4. The van der Waals surface area contributed by atoms with Gasteiger partial charge in [-0.05, 0) is 39.6 Å². The summed E-state index contributed by atoms with van der Waals surface area (Å²) in [6, 6.07) is 8.08. The largest absolute Gasteiger partial charge is 0.290 e. The van der Waals surface area contributed by atoms with Crippen LogP contribution in [0.2, 0.25) is 0 Å². The first-order valence-electron chi connectivity index (χ1n) is 6.20. The maximum Gasteiger partial charge on any atom is 0.290 e. The van der Waals surface area contributed by atoms with Gasteiger partial charge in [-0.3, -0.25) is 9.89 Å². The zero-order valence-corrected chi connectivity index (χ0v) is 13.4. The lowest BCUT2D eigenvalue weighted by Gasteiger charge is -2.04. The Bertz CT molecular complexity index is 616. The van der Waals surface area contributed by atoms with Crippen molar-refractivity contribution >= 4 is 34.7 Å². The molecule has 1 amide bonds. The number of benzene rings is 1. The van der Waals surface area contributed by atoms with Crippen LogP contribution in [0.4, 0.5) is 0 Å². The van der Waals surface area contributed by atoms with Gasteiger partial charge in [-0.1, -0.05) is 38.1 Å². The van der Waals surface area contributed by atoms with Crippen LogP contribution in [0.5, 0.6) is 0 Å². The van der Waals surface area contributed by atoms with Crippen molar-refractivity contribution in [1.82, 2.24) is 15.6 Å². The molecule has 1 heterocycles. The highest BCUT2D eigenvalue weighted by Gasteiger charge is 2.10. The topological polar surface area (TPSA) is 70.1 Å². The summed E-state index contributed by atoms with van der Waals surface area (Å²) in [4.78, 5) is 11.8.